The van der Waals surface area contributed by atoms with Crippen LogP contribution in [0.3, 0.4) is 0 Å². The Morgan fingerprint density at radius 2 is 2.06 bits per heavy atom. The van der Waals surface area contributed by atoms with Crippen molar-refractivity contribution in [3.63, 3.8) is 0 Å². The fraction of sp³-hybridized carbons (Fsp3) is 0.364. The summed E-state index contributed by atoms with van der Waals surface area (Å²) in [6, 6.07) is 7.67. The topological polar surface area (TPSA) is 88.6 Å². The minimum absolute atomic E-state index is 0.0449. The highest BCUT2D eigenvalue weighted by Crippen LogP contribution is 2.33. The number of nitrogens with one attached hydrogen (secondary N) is 1. The lowest BCUT2D eigenvalue weighted by Gasteiger charge is -2.32. The zero-order valence-electron chi connectivity index (χ0n) is 17.5. The summed E-state index contributed by atoms with van der Waals surface area (Å²) >= 11 is 5.81. The monoisotopic (exact) mass is 497 g/mol. The Morgan fingerprint density at radius 3 is 2.79 bits per heavy atom. The first-order valence-electron chi connectivity index (χ1n) is 10.4. The molecule has 1 saturated heterocycles. The molecule has 0 spiro atoms. The number of benzene rings is 1. The normalized spacial score (nSPS) is 19.0. The van der Waals surface area contributed by atoms with Crippen molar-refractivity contribution in [2.75, 3.05) is 18.4 Å². The number of nitrogens with zero attached hydrogens (tertiary/aromatic N) is 2. The molecule has 4 rings (SSSR count). The van der Waals surface area contributed by atoms with Crippen molar-refractivity contribution in [2.24, 2.45) is 5.92 Å². The summed E-state index contributed by atoms with van der Waals surface area (Å²) < 4.78 is 57.3. The summed E-state index contributed by atoms with van der Waals surface area (Å²) in [6.07, 6.45) is 4.76. The number of rotatable bonds is 6. The van der Waals surface area contributed by atoms with E-state index >= 15 is 0 Å². The fourth-order valence-corrected chi connectivity index (χ4v) is 5.87. The molecule has 33 heavy (non-hydrogen) atoms. The van der Waals surface area contributed by atoms with E-state index in [9.17, 15) is 22.0 Å². The average molecular weight is 498 g/mol. The molecule has 7 nitrogen and oxygen atoms in total. The Bertz CT molecular complexity index is 1170. The summed E-state index contributed by atoms with van der Waals surface area (Å²) in [4.78, 5) is 17.0. The molecular formula is C22H22ClF2N3O4S. The van der Waals surface area contributed by atoms with Crippen LogP contribution in [0, 0.1) is 5.92 Å². The maximum Gasteiger partial charge on any atom is 0.387 e. The molecule has 2 heterocycles. The molecule has 2 aliphatic rings. The maximum absolute atomic E-state index is 13.3. The summed E-state index contributed by atoms with van der Waals surface area (Å²) in [6.45, 7) is -2.51. The smallest absolute Gasteiger partial charge is 0.387 e. The van der Waals surface area contributed by atoms with Gasteiger partial charge in [0.1, 0.15) is 11.6 Å². The minimum atomic E-state index is -3.77. The molecule has 1 atom stereocenters. The van der Waals surface area contributed by atoms with E-state index in [4.69, 9.17) is 11.6 Å². The largest absolute Gasteiger partial charge is 0.435 e. The molecule has 176 valence electrons. The summed E-state index contributed by atoms with van der Waals surface area (Å²) in [5.74, 6) is -0.398. The number of anilines is 1. The predicted molar refractivity (Wildman–Crippen MR) is 120 cm³/mol. The molecule has 1 fully saturated rings. The number of hydrogen-bond donors (Lipinski definition) is 1. The summed E-state index contributed by atoms with van der Waals surface area (Å²) in [5, 5.41) is 3.16. The molecule has 11 heteroatoms. The van der Waals surface area contributed by atoms with Crippen LogP contribution in [0.2, 0.25) is 5.02 Å². The molecule has 1 N–H and O–H groups in total. The molecule has 1 aromatic heterocycles. The third-order valence-corrected chi connectivity index (χ3v) is 7.92. The molecule has 1 aromatic carbocycles. The van der Waals surface area contributed by atoms with E-state index < -0.39 is 22.6 Å². The molecule has 0 radical (unpaired) electrons. The Balaban J connectivity index is 1.47. The number of amides is 1. The number of pyridine rings is 1. The van der Waals surface area contributed by atoms with Crippen LogP contribution in [0.5, 0.6) is 5.75 Å². The van der Waals surface area contributed by atoms with Gasteiger partial charge in [-0.05, 0) is 67.2 Å². The zero-order valence-corrected chi connectivity index (χ0v) is 19.1. The highest BCUT2D eigenvalue weighted by Gasteiger charge is 2.35. The number of aryl methyl sites for hydroxylation is 1. The second-order valence-corrected chi connectivity index (χ2v) is 10.3. The molecule has 0 saturated carbocycles. The van der Waals surface area contributed by atoms with Gasteiger partial charge in [0.2, 0.25) is 15.9 Å². The number of alkyl halides is 2. The fourth-order valence-electron chi connectivity index (χ4n) is 4.04. The first kappa shape index (κ1) is 23.6. The number of halogens is 3. The first-order chi connectivity index (χ1) is 15.7. The van der Waals surface area contributed by atoms with E-state index in [1.807, 2.05) is 0 Å². The van der Waals surface area contributed by atoms with E-state index in [1.54, 1.807) is 24.3 Å². The Labute approximate surface area is 195 Å². The summed E-state index contributed by atoms with van der Waals surface area (Å²) in [5.41, 5.74) is 1.40. The van der Waals surface area contributed by atoms with Gasteiger partial charge in [0.15, 0.2) is 0 Å². The summed E-state index contributed by atoms with van der Waals surface area (Å²) in [7, 11) is -3.77. The quantitative estimate of drug-likeness (QED) is 0.642. The number of allylic oxidation sites excluding steroid dienone is 1. The van der Waals surface area contributed by atoms with E-state index in [1.165, 1.54) is 22.6 Å². The van der Waals surface area contributed by atoms with Gasteiger partial charge in [-0.2, -0.15) is 13.1 Å². The number of sulfonamides is 1. The number of fused-ring (bicyclic) bond motifs is 1. The number of aromatic nitrogens is 1. The zero-order chi connectivity index (χ0) is 23.6. The van der Waals surface area contributed by atoms with Gasteiger partial charge in [0.25, 0.3) is 0 Å². The molecule has 1 aliphatic heterocycles. The lowest BCUT2D eigenvalue weighted by molar-refractivity contribution is -0.120. The lowest BCUT2D eigenvalue weighted by atomic mass is 9.97. The van der Waals surface area contributed by atoms with Crippen LogP contribution in [0.25, 0.3) is 6.08 Å². The van der Waals surface area contributed by atoms with Gasteiger partial charge >= 0.3 is 6.61 Å². The van der Waals surface area contributed by atoms with Crippen LogP contribution >= 0.6 is 11.6 Å². The van der Waals surface area contributed by atoms with Gasteiger partial charge in [-0.3, -0.25) is 4.79 Å². The Morgan fingerprint density at radius 1 is 1.24 bits per heavy atom. The van der Waals surface area contributed by atoms with Crippen LogP contribution in [-0.2, 0) is 21.2 Å². The van der Waals surface area contributed by atoms with Crippen molar-refractivity contribution in [1.82, 2.24) is 9.29 Å². The Hall–Kier alpha value is -2.56. The van der Waals surface area contributed by atoms with Crippen LogP contribution in [0.15, 0.2) is 41.4 Å². The van der Waals surface area contributed by atoms with Crippen molar-refractivity contribution >= 4 is 39.4 Å². The predicted octanol–water partition coefficient (Wildman–Crippen LogP) is 4.30. The van der Waals surface area contributed by atoms with E-state index in [2.05, 4.69) is 15.0 Å². The molecule has 1 amide bonds. The molecule has 2 aromatic rings. The van der Waals surface area contributed by atoms with E-state index in [0.717, 1.165) is 5.56 Å². The minimum Gasteiger partial charge on any atom is -0.435 e. The van der Waals surface area contributed by atoms with Crippen molar-refractivity contribution in [3.8, 4) is 5.75 Å². The number of ether oxygens (including phenoxy) is 1. The van der Waals surface area contributed by atoms with Crippen molar-refractivity contribution in [1.29, 1.82) is 0 Å². The van der Waals surface area contributed by atoms with Crippen LogP contribution < -0.4 is 10.1 Å². The van der Waals surface area contributed by atoms with Crippen LogP contribution in [-0.4, -0.2) is 43.3 Å². The van der Waals surface area contributed by atoms with Gasteiger partial charge in [0.05, 0.1) is 15.8 Å². The first-order valence-corrected chi connectivity index (χ1v) is 12.2. The van der Waals surface area contributed by atoms with Gasteiger partial charge in [-0.15, -0.1) is 0 Å². The standard InChI is InChI=1S/C22H22ClF2N3O4S/c23-17-5-8-20(26-12-17)27-21(29)16-2-1-9-28(13-16)33(30,31)19-7-4-14-10-18(32-22(24)25)6-3-15(14)11-19/h3,5-6,8,10-12,16,22H,1-2,4,7,9,13H2,(H,26,27,29). The van der Waals surface area contributed by atoms with Crippen molar-refractivity contribution < 1.29 is 26.7 Å². The molecule has 0 bridgehead atoms. The van der Waals surface area contributed by atoms with Gasteiger partial charge in [0, 0.05) is 19.3 Å². The van der Waals surface area contributed by atoms with E-state index in [-0.39, 0.29) is 29.5 Å². The number of piperidine rings is 1. The number of carbonyl (C=O) groups is 1. The van der Waals surface area contributed by atoms with Crippen LogP contribution in [0.4, 0.5) is 14.6 Å². The van der Waals surface area contributed by atoms with Gasteiger partial charge in [-0.1, -0.05) is 17.7 Å². The third-order valence-electron chi connectivity index (χ3n) is 5.70. The van der Waals surface area contributed by atoms with Crippen molar-refractivity contribution in [3.05, 3.63) is 57.6 Å². The Kier molecular flexibility index (Phi) is 6.96. The molecule has 1 unspecified atom stereocenters. The number of carbonyl (C=O) groups excluding carboxylic acids is 1. The maximum atomic E-state index is 13.3. The number of hydrogen-bond acceptors (Lipinski definition) is 5. The highest BCUT2D eigenvalue weighted by molar-refractivity contribution is 7.93. The molecular weight excluding hydrogens is 476 g/mol. The second kappa shape index (κ2) is 9.74. The van der Waals surface area contributed by atoms with E-state index in [0.29, 0.717) is 42.2 Å². The van der Waals surface area contributed by atoms with Gasteiger partial charge in [-0.25, -0.2) is 13.4 Å². The second-order valence-electron chi connectivity index (χ2n) is 7.90. The highest BCUT2D eigenvalue weighted by atomic mass is 35.5. The lowest BCUT2D eigenvalue weighted by Crippen LogP contribution is -2.44. The molecule has 1 aliphatic carbocycles. The average Bonchev–Trinajstić information content (AvgIpc) is 2.80. The van der Waals surface area contributed by atoms with Crippen molar-refractivity contribution in [2.45, 2.75) is 32.3 Å². The van der Waals surface area contributed by atoms with Crippen LogP contribution in [0.1, 0.15) is 30.4 Å². The third kappa shape index (κ3) is 5.51. The SMILES string of the molecule is O=C(Nc1ccc(Cl)cn1)C1CCCN(S(=O)(=O)C2=Cc3ccc(OC(F)F)cc3CC2)C1. The van der Waals surface area contributed by atoms with Gasteiger partial charge < -0.3 is 10.1 Å².